The van der Waals surface area contributed by atoms with Gasteiger partial charge >= 0.3 is 5.97 Å². The molecule has 0 fully saturated rings. The van der Waals surface area contributed by atoms with Gasteiger partial charge < -0.3 is 9.47 Å². The van der Waals surface area contributed by atoms with Gasteiger partial charge in [-0.05, 0) is 36.2 Å². The smallest absolute Gasteiger partial charge is 0.307 e. The second kappa shape index (κ2) is 7.57. The van der Waals surface area contributed by atoms with Gasteiger partial charge in [0.15, 0.2) is 6.73 Å². The molecule has 3 aromatic rings. The Bertz CT molecular complexity index is 935. The van der Waals surface area contributed by atoms with E-state index in [0.29, 0.717) is 17.3 Å². The Hall–Kier alpha value is -3.22. The summed E-state index contributed by atoms with van der Waals surface area (Å²) in [5.74, 6) is 0.359. The van der Waals surface area contributed by atoms with Gasteiger partial charge in [0.1, 0.15) is 11.3 Å². The van der Waals surface area contributed by atoms with E-state index in [9.17, 15) is 9.59 Å². The lowest BCUT2D eigenvalue weighted by Gasteiger charge is -2.07. The number of carbonyl (C=O) groups is 1. The Morgan fingerprint density at radius 2 is 1.88 bits per heavy atom. The van der Waals surface area contributed by atoms with Crippen molar-refractivity contribution in [3.05, 3.63) is 64.4 Å². The van der Waals surface area contributed by atoms with Gasteiger partial charge in [-0.2, -0.15) is 4.68 Å². The van der Waals surface area contributed by atoms with Gasteiger partial charge in [-0.15, -0.1) is 5.10 Å². The SMILES string of the molecule is COc1ccc(CCC(=O)OCn2nnc3ccccc3c2=O)cc1. The van der Waals surface area contributed by atoms with Crippen molar-refractivity contribution < 1.29 is 14.3 Å². The Morgan fingerprint density at radius 1 is 1.12 bits per heavy atom. The van der Waals surface area contributed by atoms with Crippen LogP contribution in [0.25, 0.3) is 10.9 Å². The number of benzene rings is 2. The predicted molar refractivity (Wildman–Crippen MR) is 91.2 cm³/mol. The summed E-state index contributed by atoms with van der Waals surface area (Å²) in [6.45, 7) is -0.252. The third-order valence-corrected chi connectivity index (χ3v) is 3.75. The van der Waals surface area contributed by atoms with Crippen LogP contribution in [0.15, 0.2) is 53.3 Å². The number of rotatable bonds is 6. The van der Waals surface area contributed by atoms with Crippen LogP contribution >= 0.6 is 0 Å². The summed E-state index contributed by atoms with van der Waals surface area (Å²) in [6, 6.07) is 14.4. The van der Waals surface area contributed by atoms with Crippen LogP contribution in [0.1, 0.15) is 12.0 Å². The lowest BCUT2D eigenvalue weighted by atomic mass is 10.1. The standard InChI is InChI=1S/C18H17N3O4/c1-24-14-9-6-13(7-10-14)8-11-17(22)25-12-21-18(23)15-4-2-3-5-16(15)19-20-21/h2-7,9-10H,8,11-12H2,1H3. The van der Waals surface area contributed by atoms with E-state index < -0.39 is 5.97 Å². The molecule has 7 heteroatoms. The maximum absolute atomic E-state index is 12.2. The number of hydrogen-bond donors (Lipinski definition) is 0. The number of methoxy groups -OCH3 is 1. The highest BCUT2D eigenvalue weighted by Crippen LogP contribution is 2.12. The maximum Gasteiger partial charge on any atom is 0.307 e. The van der Waals surface area contributed by atoms with E-state index in [1.165, 1.54) is 0 Å². The second-order valence-electron chi connectivity index (χ2n) is 5.40. The van der Waals surface area contributed by atoms with Crippen molar-refractivity contribution in [3.8, 4) is 5.75 Å². The predicted octanol–water partition coefficient (Wildman–Crippen LogP) is 1.93. The zero-order valence-corrected chi connectivity index (χ0v) is 13.7. The number of ether oxygens (including phenoxy) is 2. The van der Waals surface area contributed by atoms with E-state index in [0.717, 1.165) is 16.0 Å². The van der Waals surface area contributed by atoms with Crippen molar-refractivity contribution in [2.24, 2.45) is 0 Å². The molecule has 0 radical (unpaired) electrons. The van der Waals surface area contributed by atoms with Gasteiger partial charge in [-0.1, -0.05) is 29.5 Å². The quantitative estimate of drug-likeness (QED) is 0.638. The largest absolute Gasteiger partial charge is 0.497 e. The van der Waals surface area contributed by atoms with Crippen LogP contribution in [-0.2, 0) is 22.7 Å². The lowest BCUT2D eigenvalue weighted by Crippen LogP contribution is -2.26. The fourth-order valence-electron chi connectivity index (χ4n) is 2.35. The van der Waals surface area contributed by atoms with Crippen LogP contribution in [0.2, 0.25) is 0 Å². The van der Waals surface area contributed by atoms with E-state index in [-0.39, 0.29) is 18.7 Å². The molecule has 0 atom stereocenters. The minimum absolute atomic E-state index is 0.210. The molecule has 128 valence electrons. The van der Waals surface area contributed by atoms with E-state index in [4.69, 9.17) is 9.47 Å². The second-order valence-corrected chi connectivity index (χ2v) is 5.40. The summed E-state index contributed by atoms with van der Waals surface area (Å²) in [4.78, 5) is 24.1. The Kier molecular flexibility index (Phi) is 5.03. The molecular weight excluding hydrogens is 322 g/mol. The van der Waals surface area contributed by atoms with Gasteiger partial charge in [-0.25, -0.2) is 0 Å². The van der Waals surface area contributed by atoms with Crippen molar-refractivity contribution in [3.63, 3.8) is 0 Å². The number of hydrogen-bond acceptors (Lipinski definition) is 6. The van der Waals surface area contributed by atoms with Crippen LogP contribution in [0.3, 0.4) is 0 Å². The fourth-order valence-corrected chi connectivity index (χ4v) is 2.35. The molecule has 0 saturated heterocycles. The first-order chi connectivity index (χ1) is 12.2. The fraction of sp³-hybridized carbons (Fsp3) is 0.222. The van der Waals surface area contributed by atoms with Crippen LogP contribution < -0.4 is 10.3 Å². The van der Waals surface area contributed by atoms with Crippen molar-refractivity contribution in [2.45, 2.75) is 19.6 Å². The first-order valence-electron chi connectivity index (χ1n) is 7.78. The maximum atomic E-state index is 12.2. The number of esters is 1. The van der Waals surface area contributed by atoms with Crippen LogP contribution in [-0.4, -0.2) is 28.1 Å². The van der Waals surface area contributed by atoms with Crippen molar-refractivity contribution in [1.29, 1.82) is 0 Å². The molecule has 0 bridgehead atoms. The Balaban J connectivity index is 1.57. The normalized spacial score (nSPS) is 10.6. The van der Waals surface area contributed by atoms with Crippen molar-refractivity contribution in [1.82, 2.24) is 15.0 Å². The van der Waals surface area contributed by atoms with E-state index >= 15 is 0 Å². The van der Waals surface area contributed by atoms with Crippen molar-refractivity contribution in [2.75, 3.05) is 7.11 Å². The average molecular weight is 339 g/mol. The van der Waals surface area contributed by atoms with E-state index in [1.807, 2.05) is 24.3 Å². The third kappa shape index (κ3) is 4.00. The molecule has 1 aromatic heterocycles. The number of nitrogens with zero attached hydrogens (tertiary/aromatic N) is 3. The summed E-state index contributed by atoms with van der Waals surface area (Å²) in [7, 11) is 1.60. The zero-order chi connectivity index (χ0) is 17.6. The summed E-state index contributed by atoms with van der Waals surface area (Å²) in [5.41, 5.74) is 1.17. The lowest BCUT2D eigenvalue weighted by molar-refractivity contribution is -0.148. The molecule has 0 saturated carbocycles. The summed E-state index contributed by atoms with van der Waals surface area (Å²) in [5, 5.41) is 8.16. The summed E-state index contributed by atoms with van der Waals surface area (Å²) < 4.78 is 11.2. The summed E-state index contributed by atoms with van der Waals surface area (Å²) in [6.07, 6.45) is 0.753. The molecule has 25 heavy (non-hydrogen) atoms. The molecule has 3 rings (SSSR count). The molecule has 1 heterocycles. The number of aromatic nitrogens is 3. The molecule has 0 unspecified atom stereocenters. The van der Waals surface area contributed by atoms with E-state index in [1.54, 1.807) is 31.4 Å². The molecule has 0 aliphatic heterocycles. The van der Waals surface area contributed by atoms with Gasteiger partial charge in [0.2, 0.25) is 0 Å². The van der Waals surface area contributed by atoms with Crippen molar-refractivity contribution >= 4 is 16.9 Å². The van der Waals surface area contributed by atoms with Gasteiger partial charge in [-0.3, -0.25) is 9.59 Å². The van der Waals surface area contributed by atoms with Crippen LogP contribution in [0, 0.1) is 0 Å². The molecule has 0 amide bonds. The number of fused-ring (bicyclic) bond motifs is 1. The molecular formula is C18H17N3O4. The third-order valence-electron chi connectivity index (χ3n) is 3.75. The molecule has 0 spiro atoms. The Labute approximate surface area is 143 Å². The molecule has 0 aliphatic rings. The topological polar surface area (TPSA) is 83.3 Å². The van der Waals surface area contributed by atoms with E-state index in [2.05, 4.69) is 10.3 Å². The molecule has 7 nitrogen and oxygen atoms in total. The molecule has 2 aromatic carbocycles. The molecule has 0 N–H and O–H groups in total. The van der Waals surface area contributed by atoms with Gasteiger partial charge in [0.25, 0.3) is 5.56 Å². The average Bonchev–Trinajstić information content (AvgIpc) is 2.66. The number of aryl methyl sites for hydroxylation is 1. The van der Waals surface area contributed by atoms with Gasteiger partial charge in [0, 0.05) is 6.42 Å². The minimum atomic E-state index is -0.405. The first kappa shape index (κ1) is 16.6. The first-order valence-corrected chi connectivity index (χ1v) is 7.78. The monoisotopic (exact) mass is 339 g/mol. The van der Waals surface area contributed by atoms with Crippen LogP contribution in [0.4, 0.5) is 0 Å². The molecule has 0 aliphatic carbocycles. The van der Waals surface area contributed by atoms with Crippen LogP contribution in [0.5, 0.6) is 5.75 Å². The Morgan fingerprint density at radius 3 is 2.64 bits per heavy atom. The highest BCUT2D eigenvalue weighted by molar-refractivity contribution is 5.76. The highest BCUT2D eigenvalue weighted by atomic mass is 16.5. The zero-order valence-electron chi connectivity index (χ0n) is 13.7. The minimum Gasteiger partial charge on any atom is -0.497 e. The highest BCUT2D eigenvalue weighted by Gasteiger charge is 2.08. The van der Waals surface area contributed by atoms with Gasteiger partial charge in [0.05, 0.1) is 12.5 Å². The summed E-state index contributed by atoms with van der Waals surface area (Å²) >= 11 is 0. The number of carbonyl (C=O) groups excluding carboxylic acids is 1.